The second-order valence-electron chi connectivity index (χ2n) is 6.45. The van der Waals surface area contributed by atoms with Crippen LogP contribution in [0.4, 0.5) is 0 Å². The summed E-state index contributed by atoms with van der Waals surface area (Å²) >= 11 is 0. The quantitative estimate of drug-likeness (QED) is 0.739. The average Bonchev–Trinajstić information content (AvgIpc) is 2.45. The highest BCUT2D eigenvalue weighted by Gasteiger charge is 2.23. The third-order valence-electron chi connectivity index (χ3n) is 4.30. The van der Waals surface area contributed by atoms with Crippen LogP contribution in [0.25, 0.3) is 0 Å². The summed E-state index contributed by atoms with van der Waals surface area (Å²) in [6, 6.07) is 3.10. The molecule has 20 heavy (non-hydrogen) atoms. The van der Waals surface area contributed by atoms with Gasteiger partial charge in [0.2, 0.25) is 0 Å². The molecule has 0 aromatic carbocycles. The van der Waals surface area contributed by atoms with Crippen LogP contribution in [0.3, 0.4) is 0 Å². The molecule has 0 saturated carbocycles. The molecule has 1 N–H and O–H groups in total. The summed E-state index contributed by atoms with van der Waals surface area (Å²) in [5.41, 5.74) is -0.351. The molecule has 1 saturated heterocycles. The molecule has 0 spiro atoms. The molecule has 1 unspecified atom stereocenters. The Balaban J connectivity index is 2.23. The van der Waals surface area contributed by atoms with E-state index in [9.17, 15) is 5.26 Å². The van der Waals surface area contributed by atoms with Crippen LogP contribution < -0.4 is 5.32 Å². The van der Waals surface area contributed by atoms with E-state index in [1.54, 1.807) is 0 Å². The number of nitrogens with zero attached hydrogens (tertiary/aromatic N) is 3. The van der Waals surface area contributed by atoms with Crippen LogP contribution in [0, 0.1) is 11.3 Å². The maximum absolute atomic E-state index is 9.31. The van der Waals surface area contributed by atoms with Crippen molar-refractivity contribution in [3.63, 3.8) is 0 Å². The van der Waals surface area contributed by atoms with E-state index in [0.717, 1.165) is 32.4 Å². The van der Waals surface area contributed by atoms with Crippen molar-refractivity contribution in [1.82, 2.24) is 15.1 Å². The van der Waals surface area contributed by atoms with Crippen LogP contribution in [-0.4, -0.2) is 60.6 Å². The van der Waals surface area contributed by atoms with Gasteiger partial charge in [0.1, 0.15) is 5.54 Å². The summed E-state index contributed by atoms with van der Waals surface area (Å²) in [7, 11) is 0. The van der Waals surface area contributed by atoms with Crippen LogP contribution in [0.5, 0.6) is 0 Å². The second-order valence-corrected chi connectivity index (χ2v) is 6.45. The Hall–Kier alpha value is -0.630. The van der Waals surface area contributed by atoms with Gasteiger partial charge in [-0.1, -0.05) is 6.92 Å². The zero-order valence-corrected chi connectivity index (χ0v) is 13.8. The second kappa shape index (κ2) is 8.61. The number of rotatable bonds is 8. The van der Waals surface area contributed by atoms with Gasteiger partial charge in [-0.15, -0.1) is 0 Å². The van der Waals surface area contributed by atoms with E-state index in [1.807, 2.05) is 6.92 Å². The smallest absolute Gasteiger partial charge is 0.103 e. The van der Waals surface area contributed by atoms with E-state index in [-0.39, 0.29) is 5.54 Å². The molecule has 0 bridgehead atoms. The average molecular weight is 280 g/mol. The number of piperazine rings is 1. The van der Waals surface area contributed by atoms with Gasteiger partial charge >= 0.3 is 0 Å². The molecule has 1 atom stereocenters. The summed E-state index contributed by atoms with van der Waals surface area (Å²) < 4.78 is 0. The minimum absolute atomic E-state index is 0.351. The predicted molar refractivity (Wildman–Crippen MR) is 84.7 cm³/mol. The SMILES string of the molecule is CCCNC(C)(C#N)CCCN1CCN(C(C)C)CC1. The normalized spacial score (nSPS) is 20.8. The molecule has 1 fully saturated rings. The first-order valence-electron chi connectivity index (χ1n) is 8.13. The lowest BCUT2D eigenvalue weighted by atomic mass is 9.97. The van der Waals surface area contributed by atoms with E-state index in [4.69, 9.17) is 0 Å². The van der Waals surface area contributed by atoms with Gasteiger partial charge < -0.3 is 4.90 Å². The Kier molecular flexibility index (Phi) is 7.50. The number of nitrogens with one attached hydrogen (secondary N) is 1. The molecule has 4 heteroatoms. The molecule has 1 heterocycles. The lowest BCUT2D eigenvalue weighted by Crippen LogP contribution is -2.49. The number of hydrogen-bond donors (Lipinski definition) is 1. The fourth-order valence-electron chi connectivity index (χ4n) is 2.74. The largest absolute Gasteiger partial charge is 0.301 e. The van der Waals surface area contributed by atoms with Crippen LogP contribution >= 0.6 is 0 Å². The van der Waals surface area contributed by atoms with Gasteiger partial charge in [-0.2, -0.15) is 5.26 Å². The monoisotopic (exact) mass is 280 g/mol. The molecule has 0 amide bonds. The Labute approximate surface area is 125 Å². The third kappa shape index (κ3) is 5.78. The summed E-state index contributed by atoms with van der Waals surface area (Å²) in [5, 5.41) is 12.7. The molecule has 0 aliphatic carbocycles. The van der Waals surface area contributed by atoms with Crippen molar-refractivity contribution < 1.29 is 0 Å². The van der Waals surface area contributed by atoms with Crippen LogP contribution in [0.15, 0.2) is 0 Å². The van der Waals surface area contributed by atoms with Crippen molar-refractivity contribution in [2.24, 2.45) is 0 Å². The summed E-state index contributed by atoms with van der Waals surface area (Å²) in [5.74, 6) is 0. The Morgan fingerprint density at radius 2 is 1.90 bits per heavy atom. The molecular formula is C16H32N4. The molecule has 1 rings (SSSR count). The minimum atomic E-state index is -0.351. The highest BCUT2D eigenvalue weighted by atomic mass is 15.3. The first-order valence-corrected chi connectivity index (χ1v) is 8.13. The van der Waals surface area contributed by atoms with Gasteiger partial charge in [0.15, 0.2) is 0 Å². The van der Waals surface area contributed by atoms with Crippen molar-refractivity contribution in [2.45, 2.75) is 58.5 Å². The Morgan fingerprint density at radius 3 is 2.40 bits per heavy atom. The van der Waals surface area contributed by atoms with Crippen molar-refractivity contribution >= 4 is 0 Å². The fourth-order valence-corrected chi connectivity index (χ4v) is 2.74. The van der Waals surface area contributed by atoms with E-state index in [1.165, 1.54) is 26.2 Å². The van der Waals surface area contributed by atoms with E-state index in [2.05, 4.69) is 42.0 Å². The van der Waals surface area contributed by atoms with Crippen molar-refractivity contribution in [3.05, 3.63) is 0 Å². The van der Waals surface area contributed by atoms with Crippen LogP contribution in [0.1, 0.15) is 47.0 Å². The zero-order chi connectivity index (χ0) is 15.0. The Morgan fingerprint density at radius 1 is 1.25 bits per heavy atom. The van der Waals surface area contributed by atoms with Gasteiger partial charge in [-0.25, -0.2) is 0 Å². The molecular weight excluding hydrogens is 248 g/mol. The van der Waals surface area contributed by atoms with Gasteiger partial charge in [0, 0.05) is 32.2 Å². The molecule has 0 aromatic heterocycles. The van der Waals surface area contributed by atoms with Gasteiger partial charge in [-0.3, -0.25) is 10.2 Å². The predicted octanol–water partition coefficient (Wildman–Crippen LogP) is 2.07. The highest BCUT2D eigenvalue weighted by Crippen LogP contribution is 2.13. The molecule has 0 radical (unpaired) electrons. The van der Waals surface area contributed by atoms with E-state index in [0.29, 0.717) is 6.04 Å². The van der Waals surface area contributed by atoms with Crippen LogP contribution in [0.2, 0.25) is 0 Å². The lowest BCUT2D eigenvalue weighted by molar-refractivity contribution is 0.106. The zero-order valence-electron chi connectivity index (χ0n) is 13.8. The van der Waals surface area contributed by atoms with Crippen molar-refractivity contribution in [3.8, 4) is 6.07 Å². The third-order valence-corrected chi connectivity index (χ3v) is 4.30. The summed E-state index contributed by atoms with van der Waals surface area (Å²) in [6.07, 6.45) is 3.12. The fraction of sp³-hybridized carbons (Fsp3) is 0.938. The lowest BCUT2D eigenvalue weighted by Gasteiger charge is -2.37. The topological polar surface area (TPSA) is 42.3 Å². The first-order chi connectivity index (χ1) is 9.50. The van der Waals surface area contributed by atoms with Crippen LogP contribution in [-0.2, 0) is 0 Å². The molecule has 1 aliphatic heterocycles. The van der Waals surface area contributed by atoms with Crippen molar-refractivity contribution in [2.75, 3.05) is 39.3 Å². The number of hydrogen-bond acceptors (Lipinski definition) is 4. The van der Waals surface area contributed by atoms with E-state index >= 15 is 0 Å². The van der Waals surface area contributed by atoms with Crippen molar-refractivity contribution in [1.29, 1.82) is 5.26 Å². The molecule has 116 valence electrons. The molecule has 4 nitrogen and oxygen atoms in total. The summed E-state index contributed by atoms with van der Waals surface area (Å²) in [6.45, 7) is 15.5. The molecule has 0 aromatic rings. The Bertz CT molecular complexity index is 302. The van der Waals surface area contributed by atoms with Gasteiger partial charge in [0.05, 0.1) is 6.07 Å². The highest BCUT2D eigenvalue weighted by molar-refractivity contribution is 5.03. The summed E-state index contributed by atoms with van der Waals surface area (Å²) in [4.78, 5) is 5.08. The van der Waals surface area contributed by atoms with E-state index < -0.39 is 0 Å². The first kappa shape index (κ1) is 17.4. The standard InChI is InChI=1S/C16H32N4/c1-5-8-18-16(4,14-17)7-6-9-19-10-12-20(13-11-19)15(2)3/h15,18H,5-13H2,1-4H3. The number of nitriles is 1. The van der Waals surface area contributed by atoms with Gasteiger partial charge in [0.25, 0.3) is 0 Å². The maximum Gasteiger partial charge on any atom is 0.103 e. The minimum Gasteiger partial charge on any atom is -0.301 e. The van der Waals surface area contributed by atoms with Gasteiger partial charge in [-0.05, 0) is 53.1 Å². The maximum atomic E-state index is 9.31. The molecule has 1 aliphatic rings.